The van der Waals surface area contributed by atoms with Crippen LogP contribution in [0.25, 0.3) is 0 Å². The van der Waals surface area contributed by atoms with Crippen LogP contribution in [0.3, 0.4) is 0 Å². The molecule has 1 heterocycles. The second-order valence-corrected chi connectivity index (χ2v) is 6.20. The first-order valence-corrected chi connectivity index (χ1v) is 8.75. The van der Waals surface area contributed by atoms with Gasteiger partial charge in [0.05, 0.1) is 18.8 Å². The van der Waals surface area contributed by atoms with Crippen LogP contribution in [-0.4, -0.2) is 25.2 Å². The van der Waals surface area contributed by atoms with Gasteiger partial charge in [-0.1, -0.05) is 12.1 Å². The lowest BCUT2D eigenvalue weighted by molar-refractivity contribution is 0.0527. The SMILES string of the molecule is CCOC(=O)c1sc(NCc2ccc(F)cc2)c(C(=O)OCC)c1C. The molecule has 0 atom stereocenters. The van der Waals surface area contributed by atoms with E-state index in [0.717, 1.165) is 16.9 Å². The van der Waals surface area contributed by atoms with Gasteiger partial charge in [0.2, 0.25) is 0 Å². The molecular weight excluding hydrogens is 345 g/mol. The molecule has 0 aliphatic rings. The zero-order chi connectivity index (χ0) is 18.4. The number of hydrogen-bond acceptors (Lipinski definition) is 6. The second kappa shape index (κ2) is 8.62. The summed E-state index contributed by atoms with van der Waals surface area (Å²) < 4.78 is 23.1. The first kappa shape index (κ1) is 18.9. The molecule has 0 spiro atoms. The summed E-state index contributed by atoms with van der Waals surface area (Å²) in [5.41, 5.74) is 1.71. The number of halogens is 1. The number of esters is 2. The third-order valence-electron chi connectivity index (χ3n) is 3.45. The molecule has 7 heteroatoms. The Bertz CT molecular complexity index is 755. The largest absolute Gasteiger partial charge is 0.462 e. The van der Waals surface area contributed by atoms with Gasteiger partial charge in [0, 0.05) is 6.54 Å². The van der Waals surface area contributed by atoms with Crippen LogP contribution >= 0.6 is 11.3 Å². The van der Waals surface area contributed by atoms with Crippen molar-refractivity contribution < 1.29 is 23.5 Å². The Hall–Kier alpha value is -2.41. The fourth-order valence-electron chi connectivity index (χ4n) is 2.26. The quantitative estimate of drug-likeness (QED) is 0.747. The number of carbonyl (C=O) groups is 2. The number of ether oxygens (including phenoxy) is 2. The zero-order valence-corrected chi connectivity index (χ0v) is 15.2. The molecule has 1 N–H and O–H groups in total. The average molecular weight is 365 g/mol. The minimum Gasteiger partial charge on any atom is -0.462 e. The third kappa shape index (κ3) is 4.57. The third-order valence-corrected chi connectivity index (χ3v) is 4.68. The van der Waals surface area contributed by atoms with Crippen LogP contribution in [0.5, 0.6) is 0 Å². The van der Waals surface area contributed by atoms with Crippen molar-refractivity contribution in [2.45, 2.75) is 27.3 Å². The van der Waals surface area contributed by atoms with E-state index in [2.05, 4.69) is 5.32 Å². The van der Waals surface area contributed by atoms with E-state index >= 15 is 0 Å². The van der Waals surface area contributed by atoms with E-state index < -0.39 is 11.9 Å². The molecule has 0 aliphatic heterocycles. The standard InChI is InChI=1S/C18H20FNO4S/c1-4-23-17(21)14-11(3)15(18(22)24-5-2)25-16(14)20-10-12-6-8-13(19)9-7-12/h6-9,20H,4-5,10H2,1-3H3. The van der Waals surface area contributed by atoms with Gasteiger partial charge < -0.3 is 14.8 Å². The highest BCUT2D eigenvalue weighted by Gasteiger charge is 2.26. The molecule has 25 heavy (non-hydrogen) atoms. The molecule has 2 aromatic rings. The van der Waals surface area contributed by atoms with E-state index in [9.17, 15) is 14.0 Å². The van der Waals surface area contributed by atoms with Gasteiger partial charge in [0.25, 0.3) is 0 Å². The van der Waals surface area contributed by atoms with E-state index in [1.807, 2.05) is 0 Å². The predicted molar refractivity (Wildman–Crippen MR) is 94.7 cm³/mol. The van der Waals surface area contributed by atoms with Crippen LogP contribution in [0.1, 0.15) is 45.0 Å². The van der Waals surface area contributed by atoms with Crippen LogP contribution < -0.4 is 5.32 Å². The number of anilines is 1. The summed E-state index contributed by atoms with van der Waals surface area (Å²) in [6.45, 7) is 6.01. The molecular formula is C18H20FNO4S. The number of hydrogen-bond donors (Lipinski definition) is 1. The number of nitrogens with one attached hydrogen (secondary N) is 1. The van der Waals surface area contributed by atoms with Crippen molar-refractivity contribution in [2.75, 3.05) is 18.5 Å². The highest BCUT2D eigenvalue weighted by molar-refractivity contribution is 7.18. The highest BCUT2D eigenvalue weighted by Crippen LogP contribution is 2.34. The lowest BCUT2D eigenvalue weighted by Gasteiger charge is -2.08. The van der Waals surface area contributed by atoms with Crippen LogP contribution in [0, 0.1) is 12.7 Å². The van der Waals surface area contributed by atoms with E-state index in [1.54, 1.807) is 32.9 Å². The van der Waals surface area contributed by atoms with Gasteiger partial charge in [0.15, 0.2) is 0 Å². The average Bonchev–Trinajstić information content (AvgIpc) is 2.91. The molecule has 0 fully saturated rings. The summed E-state index contributed by atoms with van der Waals surface area (Å²) in [5, 5.41) is 3.66. The maximum atomic E-state index is 13.0. The normalized spacial score (nSPS) is 10.4. The van der Waals surface area contributed by atoms with Crippen molar-refractivity contribution in [3.8, 4) is 0 Å². The van der Waals surface area contributed by atoms with Crippen LogP contribution in [-0.2, 0) is 16.0 Å². The molecule has 1 aromatic carbocycles. The first-order chi connectivity index (χ1) is 12.0. The molecule has 0 aliphatic carbocycles. The molecule has 1 aromatic heterocycles. The molecule has 2 rings (SSSR count). The topological polar surface area (TPSA) is 64.6 Å². The van der Waals surface area contributed by atoms with Crippen LogP contribution in [0.15, 0.2) is 24.3 Å². The number of rotatable bonds is 7. The molecule has 0 radical (unpaired) electrons. The second-order valence-electron chi connectivity index (χ2n) is 5.18. The first-order valence-electron chi connectivity index (χ1n) is 7.93. The van der Waals surface area contributed by atoms with Gasteiger partial charge >= 0.3 is 11.9 Å². The molecule has 0 saturated heterocycles. The number of carbonyl (C=O) groups excluding carboxylic acids is 2. The summed E-state index contributed by atoms with van der Waals surface area (Å²) in [5.74, 6) is -1.27. The van der Waals surface area contributed by atoms with Gasteiger partial charge in [0.1, 0.15) is 15.7 Å². The van der Waals surface area contributed by atoms with Crippen molar-refractivity contribution >= 4 is 28.3 Å². The monoisotopic (exact) mass is 365 g/mol. The maximum absolute atomic E-state index is 13.0. The Labute approximate surface area is 149 Å². The van der Waals surface area contributed by atoms with Gasteiger partial charge in [-0.15, -0.1) is 11.3 Å². The fourth-order valence-corrected chi connectivity index (χ4v) is 3.35. The summed E-state index contributed by atoms with van der Waals surface area (Å²) >= 11 is 1.15. The number of thiophene rings is 1. The molecule has 0 amide bonds. The predicted octanol–water partition coefficient (Wildman–Crippen LogP) is 4.16. The van der Waals surface area contributed by atoms with Crippen molar-refractivity contribution in [2.24, 2.45) is 0 Å². The van der Waals surface area contributed by atoms with Crippen molar-refractivity contribution in [3.63, 3.8) is 0 Å². The Morgan fingerprint density at radius 3 is 2.28 bits per heavy atom. The van der Waals surface area contributed by atoms with Gasteiger partial charge in [-0.05, 0) is 44.0 Å². The van der Waals surface area contributed by atoms with E-state index in [0.29, 0.717) is 27.5 Å². The Balaban J connectivity index is 2.30. The Morgan fingerprint density at radius 2 is 1.68 bits per heavy atom. The van der Waals surface area contributed by atoms with Crippen LogP contribution in [0.2, 0.25) is 0 Å². The van der Waals surface area contributed by atoms with E-state index in [1.165, 1.54) is 12.1 Å². The highest BCUT2D eigenvalue weighted by atomic mass is 32.1. The van der Waals surface area contributed by atoms with Gasteiger partial charge in [-0.3, -0.25) is 0 Å². The molecule has 0 saturated carbocycles. The maximum Gasteiger partial charge on any atom is 0.348 e. The molecule has 0 bridgehead atoms. The van der Waals surface area contributed by atoms with Crippen molar-refractivity contribution in [3.05, 3.63) is 51.7 Å². The van der Waals surface area contributed by atoms with Gasteiger partial charge in [-0.2, -0.15) is 0 Å². The van der Waals surface area contributed by atoms with Crippen LogP contribution in [0.4, 0.5) is 9.39 Å². The smallest absolute Gasteiger partial charge is 0.348 e. The van der Waals surface area contributed by atoms with E-state index in [4.69, 9.17) is 9.47 Å². The van der Waals surface area contributed by atoms with E-state index in [-0.39, 0.29) is 19.0 Å². The molecule has 0 unspecified atom stereocenters. The lowest BCUT2D eigenvalue weighted by atomic mass is 10.1. The minimum atomic E-state index is -0.492. The van der Waals surface area contributed by atoms with Crippen molar-refractivity contribution in [1.82, 2.24) is 0 Å². The molecule has 134 valence electrons. The summed E-state index contributed by atoms with van der Waals surface area (Å²) in [6.07, 6.45) is 0. The zero-order valence-electron chi connectivity index (χ0n) is 14.3. The van der Waals surface area contributed by atoms with Crippen molar-refractivity contribution in [1.29, 1.82) is 0 Å². The Morgan fingerprint density at radius 1 is 1.08 bits per heavy atom. The molecule has 5 nitrogen and oxygen atoms in total. The van der Waals surface area contributed by atoms with Gasteiger partial charge in [-0.25, -0.2) is 14.0 Å². The Kier molecular flexibility index (Phi) is 6.52. The number of benzene rings is 1. The summed E-state index contributed by atoms with van der Waals surface area (Å²) in [7, 11) is 0. The lowest BCUT2D eigenvalue weighted by Crippen LogP contribution is -2.10. The minimum absolute atomic E-state index is 0.236. The summed E-state index contributed by atoms with van der Waals surface area (Å²) in [4.78, 5) is 24.7. The fraction of sp³-hybridized carbons (Fsp3) is 0.333. The summed E-state index contributed by atoms with van der Waals surface area (Å²) in [6, 6.07) is 6.04.